The number of halogens is 1. The molecule has 0 amide bonds. The summed E-state index contributed by atoms with van der Waals surface area (Å²) >= 11 is 4.70. The first-order valence-electron chi connectivity index (χ1n) is 4.31. The lowest BCUT2D eigenvalue weighted by atomic mass is 10.5. The van der Waals surface area contributed by atoms with Gasteiger partial charge in [0.25, 0.3) is 0 Å². The molecule has 0 aromatic carbocycles. The first-order chi connectivity index (χ1) is 7.79. The summed E-state index contributed by atoms with van der Waals surface area (Å²) in [5, 5.41) is 10.00. The summed E-state index contributed by atoms with van der Waals surface area (Å²) in [6.45, 7) is 0. The second kappa shape index (κ2) is 5.05. The molecule has 0 unspecified atom stereocenters. The highest BCUT2D eigenvalue weighted by Gasteiger charge is 2.05. The zero-order valence-electron chi connectivity index (χ0n) is 7.96. The van der Waals surface area contributed by atoms with E-state index in [1.54, 1.807) is 18.5 Å². The fraction of sp³-hybridized carbons (Fsp3) is 0. The van der Waals surface area contributed by atoms with Crippen LogP contribution in [0, 0.1) is 11.3 Å². The van der Waals surface area contributed by atoms with Gasteiger partial charge < -0.3 is 0 Å². The van der Waals surface area contributed by atoms with E-state index >= 15 is 0 Å². The van der Waals surface area contributed by atoms with Crippen molar-refractivity contribution < 1.29 is 0 Å². The van der Waals surface area contributed by atoms with E-state index in [9.17, 15) is 0 Å². The van der Waals surface area contributed by atoms with Crippen molar-refractivity contribution in [3.8, 4) is 6.07 Å². The zero-order valence-corrected chi connectivity index (χ0v) is 10.4. The van der Waals surface area contributed by atoms with Crippen molar-refractivity contribution >= 4 is 27.7 Å². The molecule has 0 N–H and O–H groups in total. The molecule has 0 saturated heterocycles. The third-order valence-corrected chi connectivity index (χ3v) is 3.46. The maximum atomic E-state index is 8.71. The molecule has 0 radical (unpaired) electrons. The highest BCUT2D eigenvalue weighted by Crippen LogP contribution is 2.28. The van der Waals surface area contributed by atoms with Crippen molar-refractivity contribution in [3.63, 3.8) is 0 Å². The average molecular weight is 293 g/mol. The van der Waals surface area contributed by atoms with Gasteiger partial charge >= 0.3 is 0 Å². The fourth-order valence-corrected chi connectivity index (χ4v) is 2.19. The molecule has 2 rings (SSSR count). The Bertz CT molecular complexity index is 553. The van der Waals surface area contributed by atoms with Crippen molar-refractivity contribution in [1.82, 2.24) is 15.0 Å². The van der Waals surface area contributed by atoms with Gasteiger partial charge in [0.2, 0.25) is 0 Å². The van der Waals surface area contributed by atoms with Gasteiger partial charge in [-0.1, -0.05) is 0 Å². The quantitative estimate of drug-likeness (QED) is 0.796. The van der Waals surface area contributed by atoms with Gasteiger partial charge in [-0.25, -0.2) is 15.0 Å². The Labute approximate surface area is 105 Å². The van der Waals surface area contributed by atoms with Crippen LogP contribution in [0.25, 0.3) is 0 Å². The number of rotatable bonds is 2. The van der Waals surface area contributed by atoms with E-state index in [0.29, 0.717) is 10.9 Å². The second-order valence-corrected chi connectivity index (χ2v) is 4.54. The predicted octanol–water partition coefficient (Wildman–Crippen LogP) is 2.66. The minimum absolute atomic E-state index is 0.351. The molecule has 0 fully saturated rings. The topological polar surface area (TPSA) is 62.5 Å². The van der Waals surface area contributed by atoms with Crippen LogP contribution >= 0.6 is 27.7 Å². The Morgan fingerprint density at radius 3 is 2.88 bits per heavy atom. The van der Waals surface area contributed by atoms with Gasteiger partial charge in [0.15, 0.2) is 5.16 Å². The molecular weight excluding hydrogens is 288 g/mol. The Hall–Kier alpha value is -1.45. The Morgan fingerprint density at radius 2 is 2.12 bits per heavy atom. The van der Waals surface area contributed by atoms with Gasteiger partial charge in [0.1, 0.15) is 16.8 Å². The molecule has 6 heteroatoms. The third-order valence-electron chi connectivity index (χ3n) is 1.66. The van der Waals surface area contributed by atoms with Crippen LogP contribution in [-0.2, 0) is 0 Å². The summed E-state index contributed by atoms with van der Waals surface area (Å²) < 4.78 is 0.881. The van der Waals surface area contributed by atoms with E-state index in [-0.39, 0.29) is 0 Å². The van der Waals surface area contributed by atoms with Gasteiger partial charge in [-0.3, -0.25) is 0 Å². The number of hydrogen-bond acceptors (Lipinski definition) is 5. The maximum Gasteiger partial charge on any atom is 0.195 e. The summed E-state index contributed by atoms with van der Waals surface area (Å²) in [6, 6.07) is 7.26. The van der Waals surface area contributed by atoms with Crippen LogP contribution in [0.1, 0.15) is 5.69 Å². The third kappa shape index (κ3) is 2.56. The molecule has 4 nitrogen and oxygen atoms in total. The van der Waals surface area contributed by atoms with Gasteiger partial charge in [0, 0.05) is 12.4 Å². The van der Waals surface area contributed by atoms with Crippen LogP contribution in [0.3, 0.4) is 0 Å². The number of nitriles is 1. The smallest absolute Gasteiger partial charge is 0.195 e. The lowest BCUT2D eigenvalue weighted by Gasteiger charge is -2.00. The molecule has 0 spiro atoms. The van der Waals surface area contributed by atoms with Crippen LogP contribution in [0.15, 0.2) is 45.2 Å². The minimum Gasteiger partial charge on any atom is -0.248 e. The van der Waals surface area contributed by atoms with Crippen LogP contribution in [0.4, 0.5) is 0 Å². The number of hydrogen-bond donors (Lipinski definition) is 0. The molecule has 0 bridgehead atoms. The lowest BCUT2D eigenvalue weighted by molar-refractivity contribution is 0.945. The SMILES string of the molecule is N#Cc1ccnc(Sc2ncccc2Br)n1. The molecule has 2 aromatic heterocycles. The summed E-state index contributed by atoms with van der Waals surface area (Å²) in [6.07, 6.45) is 3.26. The highest BCUT2D eigenvalue weighted by atomic mass is 79.9. The number of nitrogens with zero attached hydrogens (tertiary/aromatic N) is 4. The molecule has 78 valence electrons. The zero-order chi connectivity index (χ0) is 11.4. The monoisotopic (exact) mass is 292 g/mol. The van der Waals surface area contributed by atoms with Crippen molar-refractivity contribution in [1.29, 1.82) is 5.26 Å². The summed E-state index contributed by atoms with van der Waals surface area (Å²) in [4.78, 5) is 12.3. The predicted molar refractivity (Wildman–Crippen MR) is 62.8 cm³/mol. The van der Waals surface area contributed by atoms with E-state index in [0.717, 1.165) is 9.50 Å². The first kappa shape index (κ1) is 11.0. The standard InChI is InChI=1S/C10H5BrN4S/c11-8-2-1-4-13-9(8)16-10-14-5-3-7(6-12)15-10/h1-5H. The van der Waals surface area contributed by atoms with Gasteiger partial charge in [-0.15, -0.1) is 0 Å². The Balaban J connectivity index is 2.28. The molecule has 0 atom stereocenters. The molecular formula is C10H5BrN4S. The van der Waals surface area contributed by atoms with Gasteiger partial charge in [-0.2, -0.15) is 5.26 Å². The van der Waals surface area contributed by atoms with Crippen molar-refractivity contribution in [2.45, 2.75) is 10.2 Å². The molecule has 0 aliphatic rings. The maximum absolute atomic E-state index is 8.71. The summed E-state index contributed by atoms with van der Waals surface area (Å²) in [7, 11) is 0. The fourth-order valence-electron chi connectivity index (χ4n) is 0.985. The van der Waals surface area contributed by atoms with Gasteiger partial charge in [0.05, 0.1) is 4.47 Å². The molecule has 2 aromatic rings. The van der Waals surface area contributed by atoms with Crippen molar-refractivity contribution in [2.24, 2.45) is 0 Å². The summed E-state index contributed by atoms with van der Waals surface area (Å²) in [5.41, 5.74) is 0.351. The first-order valence-corrected chi connectivity index (χ1v) is 5.92. The van der Waals surface area contributed by atoms with E-state index in [1.165, 1.54) is 11.8 Å². The Morgan fingerprint density at radius 1 is 1.25 bits per heavy atom. The normalized spacial score (nSPS) is 9.75. The average Bonchev–Trinajstić information content (AvgIpc) is 2.32. The molecule has 16 heavy (non-hydrogen) atoms. The van der Waals surface area contributed by atoms with Gasteiger partial charge in [-0.05, 0) is 45.9 Å². The molecule has 0 saturated carbocycles. The second-order valence-electron chi connectivity index (χ2n) is 2.73. The van der Waals surface area contributed by atoms with Crippen molar-refractivity contribution in [2.75, 3.05) is 0 Å². The van der Waals surface area contributed by atoms with Crippen LogP contribution in [-0.4, -0.2) is 15.0 Å². The van der Waals surface area contributed by atoms with Crippen LogP contribution in [0.2, 0.25) is 0 Å². The molecule has 0 aliphatic heterocycles. The molecule has 0 aliphatic carbocycles. The van der Waals surface area contributed by atoms with Crippen LogP contribution in [0.5, 0.6) is 0 Å². The highest BCUT2D eigenvalue weighted by molar-refractivity contribution is 9.10. The Kier molecular flexibility index (Phi) is 3.49. The van der Waals surface area contributed by atoms with E-state index in [4.69, 9.17) is 5.26 Å². The van der Waals surface area contributed by atoms with Crippen molar-refractivity contribution in [3.05, 3.63) is 40.8 Å². The number of pyridine rings is 1. The van der Waals surface area contributed by atoms with E-state index in [1.807, 2.05) is 18.2 Å². The van der Waals surface area contributed by atoms with E-state index in [2.05, 4.69) is 30.9 Å². The minimum atomic E-state index is 0.351. The summed E-state index contributed by atoms with van der Waals surface area (Å²) in [5.74, 6) is 0. The number of aromatic nitrogens is 3. The van der Waals surface area contributed by atoms with Crippen LogP contribution < -0.4 is 0 Å². The molecule has 2 heterocycles. The largest absolute Gasteiger partial charge is 0.248 e. The lowest BCUT2D eigenvalue weighted by Crippen LogP contribution is -1.90. The van der Waals surface area contributed by atoms with E-state index < -0.39 is 0 Å².